The molecule has 0 radical (unpaired) electrons. The van der Waals surface area contributed by atoms with Crippen LogP contribution in [0.2, 0.25) is 0 Å². The van der Waals surface area contributed by atoms with Crippen molar-refractivity contribution >= 4 is 16.9 Å². The van der Waals surface area contributed by atoms with E-state index in [2.05, 4.69) is 9.97 Å². The normalized spacial score (nSPS) is 33.9. The van der Waals surface area contributed by atoms with Gasteiger partial charge in [-0.2, -0.15) is 0 Å². The number of ether oxygens (including phenoxy) is 1. The van der Waals surface area contributed by atoms with Crippen LogP contribution in [0.3, 0.4) is 0 Å². The number of aromatic nitrogens is 2. The maximum atomic E-state index is 10.4. The second-order valence-corrected chi connectivity index (χ2v) is 5.04. The molecule has 0 saturated carbocycles. The van der Waals surface area contributed by atoms with Crippen LogP contribution in [0.5, 0.6) is 0 Å². The molecule has 1 saturated heterocycles. The minimum Gasteiger partial charge on any atom is -0.458 e. The summed E-state index contributed by atoms with van der Waals surface area (Å²) in [6.45, 7) is 1.03. The molecule has 3 heterocycles. The fraction of sp³-hybridized carbons (Fsp3) is 0.500. The third kappa shape index (κ3) is 1.70. The number of nitrogens with zero attached hydrogens (tertiary/aromatic N) is 2. The van der Waals surface area contributed by atoms with Crippen LogP contribution < -0.4 is 5.73 Å². The zero-order valence-corrected chi connectivity index (χ0v) is 10.7. The van der Waals surface area contributed by atoms with E-state index in [1.165, 1.54) is 19.5 Å². The van der Waals surface area contributed by atoms with Crippen LogP contribution in [0.4, 0.5) is 5.82 Å². The lowest BCUT2D eigenvalue weighted by Crippen LogP contribution is -2.42. The molecular formula is C12H15N3O5. The van der Waals surface area contributed by atoms with Gasteiger partial charge in [0.2, 0.25) is 0 Å². The Morgan fingerprint density at radius 2 is 2.20 bits per heavy atom. The number of anilines is 1. The summed E-state index contributed by atoms with van der Waals surface area (Å²) in [6, 6.07) is 0. The Hall–Kier alpha value is -1.74. The maximum absolute atomic E-state index is 10.4. The maximum Gasteiger partial charge on any atom is 0.194 e. The topological polar surface area (TPSA) is 135 Å². The zero-order chi connectivity index (χ0) is 14.5. The van der Waals surface area contributed by atoms with Gasteiger partial charge >= 0.3 is 0 Å². The number of furan rings is 1. The first-order valence-corrected chi connectivity index (χ1v) is 6.11. The molecule has 8 heteroatoms. The Labute approximate surface area is 113 Å². The van der Waals surface area contributed by atoms with E-state index in [-0.39, 0.29) is 5.82 Å². The van der Waals surface area contributed by atoms with Crippen molar-refractivity contribution in [3.05, 3.63) is 18.2 Å². The van der Waals surface area contributed by atoms with Crippen LogP contribution >= 0.6 is 0 Å². The molecule has 3 rings (SSSR count). The largest absolute Gasteiger partial charge is 0.458 e. The number of aliphatic hydroxyl groups excluding tert-OH is 2. The first kappa shape index (κ1) is 13.3. The van der Waals surface area contributed by atoms with E-state index in [9.17, 15) is 15.3 Å². The van der Waals surface area contributed by atoms with E-state index >= 15 is 0 Å². The molecule has 1 aliphatic heterocycles. The summed E-state index contributed by atoms with van der Waals surface area (Å²) in [5, 5.41) is 29.6. The standard InChI is InChI=1S/C12H15N3O5/c1-12(18)9(17)6(2-16)20-10(12)5-3-19-8-7(5)14-4-15-11(8)13/h3-4,6,9-10,16-18H,2H2,1H3,(H2,13,14,15)/t6-,9+,10+,12-/m1/s1. The minimum absolute atomic E-state index is 0.179. The molecule has 0 amide bonds. The highest BCUT2D eigenvalue weighted by Crippen LogP contribution is 2.44. The van der Waals surface area contributed by atoms with Gasteiger partial charge in [-0.1, -0.05) is 0 Å². The average molecular weight is 281 g/mol. The van der Waals surface area contributed by atoms with Gasteiger partial charge < -0.3 is 30.2 Å². The molecule has 0 spiro atoms. The van der Waals surface area contributed by atoms with Crippen LogP contribution in [0.15, 0.2) is 17.0 Å². The summed E-state index contributed by atoms with van der Waals surface area (Å²) in [6.07, 6.45) is -0.340. The number of aliphatic hydroxyl groups is 3. The minimum atomic E-state index is -1.58. The van der Waals surface area contributed by atoms with Crippen molar-refractivity contribution in [1.82, 2.24) is 9.97 Å². The first-order chi connectivity index (χ1) is 9.46. The molecule has 0 unspecified atom stereocenters. The van der Waals surface area contributed by atoms with Crippen LogP contribution in [0.25, 0.3) is 11.1 Å². The van der Waals surface area contributed by atoms with Crippen molar-refractivity contribution in [3.8, 4) is 0 Å². The fourth-order valence-corrected chi connectivity index (χ4v) is 2.52. The Bertz CT molecular complexity index is 641. The molecule has 20 heavy (non-hydrogen) atoms. The van der Waals surface area contributed by atoms with Crippen LogP contribution in [-0.4, -0.2) is 49.7 Å². The summed E-state index contributed by atoms with van der Waals surface area (Å²) >= 11 is 0. The summed E-state index contributed by atoms with van der Waals surface area (Å²) in [7, 11) is 0. The number of nitrogen functional groups attached to an aromatic ring is 1. The Morgan fingerprint density at radius 3 is 2.85 bits per heavy atom. The highest BCUT2D eigenvalue weighted by Gasteiger charge is 2.53. The molecule has 2 aromatic rings. The number of hydrogen-bond donors (Lipinski definition) is 4. The van der Waals surface area contributed by atoms with Crippen LogP contribution in [0.1, 0.15) is 18.6 Å². The van der Waals surface area contributed by atoms with Gasteiger partial charge in [0.25, 0.3) is 0 Å². The van der Waals surface area contributed by atoms with Gasteiger partial charge in [-0.25, -0.2) is 9.97 Å². The molecule has 1 fully saturated rings. The average Bonchev–Trinajstić information content (AvgIpc) is 2.92. The zero-order valence-electron chi connectivity index (χ0n) is 10.7. The van der Waals surface area contributed by atoms with E-state index in [0.717, 1.165) is 0 Å². The van der Waals surface area contributed by atoms with Crippen molar-refractivity contribution in [2.45, 2.75) is 30.8 Å². The van der Waals surface area contributed by atoms with Crippen molar-refractivity contribution < 1.29 is 24.5 Å². The predicted molar refractivity (Wildman–Crippen MR) is 67.5 cm³/mol. The first-order valence-electron chi connectivity index (χ1n) is 6.11. The van der Waals surface area contributed by atoms with Gasteiger partial charge in [-0.15, -0.1) is 0 Å². The van der Waals surface area contributed by atoms with Crippen LogP contribution in [0, 0.1) is 0 Å². The third-order valence-electron chi connectivity index (χ3n) is 3.66. The monoisotopic (exact) mass is 281 g/mol. The van der Waals surface area contributed by atoms with Gasteiger partial charge in [0, 0.05) is 5.56 Å². The molecule has 0 aromatic carbocycles. The quantitative estimate of drug-likeness (QED) is 0.570. The third-order valence-corrected chi connectivity index (χ3v) is 3.66. The smallest absolute Gasteiger partial charge is 0.194 e. The summed E-state index contributed by atoms with van der Waals surface area (Å²) in [5.74, 6) is 0.179. The molecule has 1 aliphatic rings. The van der Waals surface area contributed by atoms with Gasteiger partial charge in [-0.05, 0) is 6.92 Å². The van der Waals surface area contributed by atoms with Gasteiger partial charge in [0.1, 0.15) is 35.8 Å². The SMILES string of the molecule is C[C@]1(O)[C@H](c2coc3c(N)ncnc23)O[C@H](CO)[C@@H]1O. The molecule has 2 aromatic heterocycles. The highest BCUT2D eigenvalue weighted by molar-refractivity contribution is 5.85. The molecule has 0 aliphatic carbocycles. The van der Waals surface area contributed by atoms with Crippen LogP contribution in [-0.2, 0) is 4.74 Å². The molecular weight excluding hydrogens is 266 g/mol. The summed E-state index contributed by atoms with van der Waals surface area (Å²) in [5.41, 5.74) is 5.26. The molecule has 8 nitrogen and oxygen atoms in total. The van der Waals surface area contributed by atoms with Gasteiger partial charge in [0.05, 0.1) is 12.9 Å². The predicted octanol–water partition coefficient (Wildman–Crippen LogP) is -0.651. The lowest BCUT2D eigenvalue weighted by atomic mass is 9.89. The molecule has 4 atom stereocenters. The van der Waals surface area contributed by atoms with E-state index in [1.807, 2.05) is 0 Å². The van der Waals surface area contributed by atoms with Gasteiger partial charge in [0.15, 0.2) is 11.4 Å². The van der Waals surface area contributed by atoms with E-state index in [0.29, 0.717) is 16.7 Å². The summed E-state index contributed by atoms with van der Waals surface area (Å²) in [4.78, 5) is 7.88. The summed E-state index contributed by atoms with van der Waals surface area (Å²) < 4.78 is 10.8. The Balaban J connectivity index is 2.10. The Kier molecular flexibility index (Phi) is 2.91. The van der Waals surface area contributed by atoms with Crippen molar-refractivity contribution in [2.75, 3.05) is 12.3 Å². The number of hydrogen-bond acceptors (Lipinski definition) is 8. The molecule has 0 bridgehead atoms. The molecule has 108 valence electrons. The lowest BCUT2D eigenvalue weighted by molar-refractivity contribution is -0.0643. The molecule has 5 N–H and O–H groups in total. The van der Waals surface area contributed by atoms with Gasteiger partial charge in [-0.3, -0.25) is 0 Å². The van der Waals surface area contributed by atoms with Crippen molar-refractivity contribution in [1.29, 1.82) is 0 Å². The highest BCUT2D eigenvalue weighted by atomic mass is 16.6. The van der Waals surface area contributed by atoms with E-state index in [1.54, 1.807) is 0 Å². The Morgan fingerprint density at radius 1 is 1.45 bits per heavy atom. The lowest BCUT2D eigenvalue weighted by Gasteiger charge is -2.25. The number of rotatable bonds is 2. The van der Waals surface area contributed by atoms with E-state index in [4.69, 9.17) is 14.9 Å². The fourth-order valence-electron chi connectivity index (χ4n) is 2.52. The van der Waals surface area contributed by atoms with E-state index < -0.39 is 30.5 Å². The number of nitrogens with two attached hydrogens (primary N) is 1. The van der Waals surface area contributed by atoms with Crippen molar-refractivity contribution in [2.24, 2.45) is 0 Å². The number of fused-ring (bicyclic) bond motifs is 1. The second-order valence-electron chi connectivity index (χ2n) is 5.04. The second kappa shape index (κ2) is 4.38. The van der Waals surface area contributed by atoms with Crippen molar-refractivity contribution in [3.63, 3.8) is 0 Å².